The molecule has 0 aromatic rings. The summed E-state index contributed by atoms with van der Waals surface area (Å²) in [5, 5.41) is 17.9. The fourth-order valence-corrected chi connectivity index (χ4v) is 0.956. The van der Waals surface area contributed by atoms with E-state index in [2.05, 4.69) is 4.74 Å². The Morgan fingerprint density at radius 3 is 2.40 bits per heavy atom. The number of hydrogen-bond acceptors (Lipinski definition) is 4. The molecule has 1 saturated heterocycles. The molecule has 1 heterocycles. The van der Waals surface area contributed by atoms with Crippen molar-refractivity contribution >= 4 is 5.97 Å². The fraction of sp³-hybridized carbons (Fsp3) is 0.833. The van der Waals surface area contributed by atoms with E-state index in [-0.39, 0.29) is 0 Å². The Hall–Kier alpha value is -0.610. The molecule has 0 radical (unpaired) electrons. The van der Waals surface area contributed by atoms with Crippen molar-refractivity contribution in [3.63, 3.8) is 0 Å². The zero-order valence-corrected chi connectivity index (χ0v) is 5.65. The third-order valence-corrected chi connectivity index (χ3v) is 1.62. The van der Waals surface area contributed by atoms with Crippen LogP contribution in [0, 0.1) is 0 Å². The number of rotatable bonds is 1. The van der Waals surface area contributed by atoms with Crippen LogP contribution in [0.4, 0.5) is 0 Å². The minimum absolute atomic E-state index is 0.525. The summed E-state index contributed by atoms with van der Waals surface area (Å²) >= 11 is 0. The molecule has 0 aromatic carbocycles. The van der Waals surface area contributed by atoms with Gasteiger partial charge in [-0.3, -0.25) is 0 Å². The highest BCUT2D eigenvalue weighted by molar-refractivity contribution is 5.77. The van der Waals surface area contributed by atoms with Gasteiger partial charge < -0.3 is 14.9 Å². The summed E-state index contributed by atoms with van der Waals surface area (Å²) in [6.45, 7) is 1.78. The quantitative estimate of drug-likeness (QED) is 0.468. The van der Waals surface area contributed by atoms with Crippen LogP contribution in [0.2, 0.25) is 0 Å². The highest BCUT2D eigenvalue weighted by atomic mass is 16.6. The maximum absolute atomic E-state index is 10.5. The Morgan fingerprint density at radius 2 is 2.20 bits per heavy atom. The zero-order chi connectivity index (χ0) is 7.72. The Kier molecular flexibility index (Phi) is 1.92. The van der Waals surface area contributed by atoms with Crippen LogP contribution in [0.25, 0.3) is 0 Å². The van der Waals surface area contributed by atoms with Gasteiger partial charge in [-0.25, -0.2) is 4.79 Å². The van der Waals surface area contributed by atoms with Crippen molar-refractivity contribution in [2.45, 2.75) is 31.7 Å². The van der Waals surface area contributed by atoms with E-state index < -0.39 is 24.3 Å². The van der Waals surface area contributed by atoms with Gasteiger partial charge in [0.15, 0.2) is 6.10 Å². The molecule has 0 aliphatic carbocycles. The Bertz CT molecular complexity index is 145. The molecular weight excluding hydrogens is 136 g/mol. The average molecular weight is 146 g/mol. The SMILES string of the molecule is CCC1OC(=O)C(O)C1O. The second-order valence-corrected chi connectivity index (χ2v) is 2.32. The van der Waals surface area contributed by atoms with Gasteiger partial charge in [0.2, 0.25) is 0 Å². The van der Waals surface area contributed by atoms with Gasteiger partial charge in [0, 0.05) is 0 Å². The van der Waals surface area contributed by atoms with Crippen molar-refractivity contribution in [3.05, 3.63) is 0 Å². The number of aliphatic hydroxyl groups is 2. The molecule has 4 heteroatoms. The first-order valence-corrected chi connectivity index (χ1v) is 3.23. The molecule has 1 aliphatic heterocycles. The van der Waals surface area contributed by atoms with E-state index in [1.807, 2.05) is 0 Å². The van der Waals surface area contributed by atoms with Gasteiger partial charge in [-0.15, -0.1) is 0 Å². The van der Waals surface area contributed by atoms with Crippen molar-refractivity contribution in [2.24, 2.45) is 0 Å². The molecule has 0 aromatic heterocycles. The lowest BCUT2D eigenvalue weighted by Gasteiger charge is -2.09. The molecular formula is C6H10O4. The summed E-state index contributed by atoms with van der Waals surface area (Å²) in [5.74, 6) is -0.723. The Morgan fingerprint density at radius 1 is 1.60 bits per heavy atom. The lowest BCUT2D eigenvalue weighted by Crippen LogP contribution is -2.30. The third-order valence-electron chi connectivity index (χ3n) is 1.62. The second-order valence-electron chi connectivity index (χ2n) is 2.32. The molecule has 1 rings (SSSR count). The van der Waals surface area contributed by atoms with Gasteiger partial charge in [0.25, 0.3) is 0 Å². The largest absolute Gasteiger partial charge is 0.458 e. The summed E-state index contributed by atoms with van der Waals surface area (Å²) in [4.78, 5) is 10.5. The monoisotopic (exact) mass is 146 g/mol. The molecule has 10 heavy (non-hydrogen) atoms. The van der Waals surface area contributed by atoms with Crippen LogP contribution >= 0.6 is 0 Å². The van der Waals surface area contributed by atoms with Crippen molar-refractivity contribution in [3.8, 4) is 0 Å². The van der Waals surface area contributed by atoms with Crippen molar-refractivity contribution in [1.82, 2.24) is 0 Å². The molecule has 3 atom stereocenters. The minimum Gasteiger partial charge on any atom is -0.458 e. The van der Waals surface area contributed by atoms with Crippen molar-refractivity contribution in [2.75, 3.05) is 0 Å². The lowest BCUT2D eigenvalue weighted by atomic mass is 10.1. The van der Waals surface area contributed by atoms with E-state index in [9.17, 15) is 4.79 Å². The molecule has 0 amide bonds. The van der Waals surface area contributed by atoms with Gasteiger partial charge >= 0.3 is 5.97 Å². The zero-order valence-electron chi connectivity index (χ0n) is 5.65. The summed E-state index contributed by atoms with van der Waals surface area (Å²) in [6, 6.07) is 0. The number of ether oxygens (including phenoxy) is 1. The van der Waals surface area contributed by atoms with Crippen LogP contribution in [-0.2, 0) is 9.53 Å². The van der Waals surface area contributed by atoms with Crippen LogP contribution in [0.5, 0.6) is 0 Å². The number of hydrogen-bond donors (Lipinski definition) is 2. The third kappa shape index (κ3) is 0.998. The number of carbonyl (C=O) groups is 1. The predicted molar refractivity (Wildman–Crippen MR) is 32.2 cm³/mol. The standard InChI is InChI=1S/C6H10O4/c1-2-3-4(7)5(8)6(9)10-3/h3-5,7-8H,2H2,1H3. The highest BCUT2D eigenvalue weighted by Gasteiger charge is 2.41. The summed E-state index contributed by atoms with van der Waals surface area (Å²) in [7, 11) is 0. The first-order chi connectivity index (χ1) is 4.66. The fourth-order valence-electron chi connectivity index (χ4n) is 0.956. The van der Waals surface area contributed by atoms with E-state index in [0.29, 0.717) is 6.42 Å². The number of aliphatic hydroxyl groups excluding tert-OH is 2. The maximum atomic E-state index is 10.5. The van der Waals surface area contributed by atoms with Crippen LogP contribution in [0.15, 0.2) is 0 Å². The second kappa shape index (κ2) is 2.56. The Labute approximate surface area is 58.4 Å². The first kappa shape index (κ1) is 7.50. The number of carbonyl (C=O) groups excluding carboxylic acids is 1. The van der Waals surface area contributed by atoms with Crippen molar-refractivity contribution < 1.29 is 19.7 Å². The summed E-state index contributed by atoms with van der Waals surface area (Å²) < 4.78 is 4.60. The van der Waals surface area contributed by atoms with Gasteiger partial charge in [0.05, 0.1) is 0 Å². The van der Waals surface area contributed by atoms with Crippen LogP contribution in [0.3, 0.4) is 0 Å². The molecule has 3 unspecified atom stereocenters. The highest BCUT2D eigenvalue weighted by Crippen LogP contribution is 2.17. The van der Waals surface area contributed by atoms with Crippen molar-refractivity contribution in [1.29, 1.82) is 0 Å². The molecule has 0 saturated carbocycles. The molecule has 1 fully saturated rings. The van der Waals surface area contributed by atoms with E-state index in [1.165, 1.54) is 0 Å². The smallest absolute Gasteiger partial charge is 0.338 e. The molecule has 4 nitrogen and oxygen atoms in total. The van der Waals surface area contributed by atoms with E-state index in [4.69, 9.17) is 10.2 Å². The van der Waals surface area contributed by atoms with Crippen LogP contribution in [0.1, 0.15) is 13.3 Å². The normalized spacial score (nSPS) is 39.9. The topological polar surface area (TPSA) is 66.8 Å². The number of esters is 1. The number of cyclic esters (lactones) is 1. The van der Waals surface area contributed by atoms with Gasteiger partial charge in [-0.1, -0.05) is 6.92 Å². The summed E-state index contributed by atoms with van der Waals surface area (Å²) in [6.07, 6.45) is -2.38. The van der Waals surface area contributed by atoms with E-state index in [1.54, 1.807) is 6.92 Å². The van der Waals surface area contributed by atoms with Crippen LogP contribution in [-0.4, -0.2) is 34.5 Å². The van der Waals surface area contributed by atoms with Gasteiger partial charge in [-0.05, 0) is 6.42 Å². The van der Waals surface area contributed by atoms with E-state index in [0.717, 1.165) is 0 Å². The van der Waals surface area contributed by atoms with Crippen LogP contribution < -0.4 is 0 Å². The molecule has 0 bridgehead atoms. The molecule has 0 spiro atoms. The molecule has 2 N–H and O–H groups in total. The summed E-state index contributed by atoms with van der Waals surface area (Å²) in [5.41, 5.74) is 0. The van der Waals surface area contributed by atoms with Gasteiger partial charge in [0.1, 0.15) is 12.2 Å². The molecule has 1 aliphatic rings. The minimum atomic E-state index is -1.34. The van der Waals surface area contributed by atoms with Gasteiger partial charge in [-0.2, -0.15) is 0 Å². The Balaban J connectivity index is 2.61. The maximum Gasteiger partial charge on any atom is 0.338 e. The predicted octanol–water partition coefficient (Wildman–Crippen LogP) is -0.956. The first-order valence-electron chi connectivity index (χ1n) is 3.23. The average Bonchev–Trinajstić information content (AvgIpc) is 2.17. The van der Waals surface area contributed by atoms with E-state index >= 15 is 0 Å². The lowest BCUT2D eigenvalue weighted by molar-refractivity contribution is -0.147. The molecule has 58 valence electrons.